The Morgan fingerprint density at radius 3 is 2.97 bits per heavy atom. The van der Waals surface area contributed by atoms with Crippen molar-refractivity contribution in [1.29, 1.82) is 0 Å². The van der Waals surface area contributed by atoms with Gasteiger partial charge < -0.3 is 14.8 Å². The predicted molar refractivity (Wildman–Crippen MR) is 109 cm³/mol. The number of rotatable bonds is 5. The third kappa shape index (κ3) is 3.28. The average Bonchev–Trinajstić information content (AvgIpc) is 3.51. The van der Waals surface area contributed by atoms with Crippen molar-refractivity contribution in [2.45, 2.75) is 30.3 Å². The van der Waals surface area contributed by atoms with Crippen molar-refractivity contribution >= 4 is 38.7 Å². The molecule has 0 radical (unpaired) electrons. The first-order chi connectivity index (χ1) is 14.5. The van der Waals surface area contributed by atoms with Gasteiger partial charge in [0, 0.05) is 13.1 Å². The van der Waals surface area contributed by atoms with Gasteiger partial charge in [-0.2, -0.15) is 13.1 Å². The van der Waals surface area contributed by atoms with E-state index >= 15 is 0 Å². The summed E-state index contributed by atoms with van der Waals surface area (Å²) in [5.74, 6) is 0.984. The highest BCUT2D eigenvalue weighted by molar-refractivity contribution is 7.89. The molecule has 5 rings (SSSR count). The molecular formula is C19H18N4O5S2. The van der Waals surface area contributed by atoms with Crippen molar-refractivity contribution in [3.05, 3.63) is 42.0 Å². The van der Waals surface area contributed by atoms with Gasteiger partial charge in [0.25, 0.3) is 0 Å². The second kappa shape index (κ2) is 7.49. The maximum atomic E-state index is 13.3. The Hall–Kier alpha value is -2.76. The second-order valence-electron chi connectivity index (χ2n) is 7.07. The van der Waals surface area contributed by atoms with E-state index in [4.69, 9.17) is 9.47 Å². The monoisotopic (exact) mass is 446 g/mol. The summed E-state index contributed by atoms with van der Waals surface area (Å²) in [5.41, 5.74) is 1.72. The van der Waals surface area contributed by atoms with E-state index in [0.29, 0.717) is 41.9 Å². The molecule has 1 unspecified atom stereocenters. The Balaban J connectivity index is 1.34. The highest BCUT2D eigenvalue weighted by Gasteiger charge is 2.40. The molecule has 2 aliphatic rings. The Morgan fingerprint density at radius 2 is 2.07 bits per heavy atom. The SMILES string of the molecule is O=C(NCc1ccc2c(c1)OCO2)C1CCCN1S(=O)(=O)c1cccc2nsnc12. The molecule has 3 heterocycles. The summed E-state index contributed by atoms with van der Waals surface area (Å²) >= 11 is 0.966. The molecule has 1 N–H and O–H groups in total. The number of ether oxygens (including phenoxy) is 2. The first-order valence-corrected chi connectivity index (χ1v) is 11.6. The fourth-order valence-electron chi connectivity index (χ4n) is 3.76. The molecule has 1 fully saturated rings. The quantitative estimate of drug-likeness (QED) is 0.637. The molecule has 0 spiro atoms. The third-order valence-corrected chi connectivity index (χ3v) is 7.73. The highest BCUT2D eigenvalue weighted by Crippen LogP contribution is 2.33. The number of hydrogen-bond acceptors (Lipinski definition) is 8. The zero-order valence-electron chi connectivity index (χ0n) is 15.8. The zero-order chi connectivity index (χ0) is 20.7. The summed E-state index contributed by atoms with van der Waals surface area (Å²) < 4.78 is 46.8. The van der Waals surface area contributed by atoms with Crippen LogP contribution in [0.2, 0.25) is 0 Å². The summed E-state index contributed by atoms with van der Waals surface area (Å²) in [4.78, 5) is 12.9. The smallest absolute Gasteiger partial charge is 0.246 e. The van der Waals surface area contributed by atoms with E-state index in [-0.39, 0.29) is 24.1 Å². The lowest BCUT2D eigenvalue weighted by Gasteiger charge is -2.23. The van der Waals surface area contributed by atoms with Crippen molar-refractivity contribution in [2.24, 2.45) is 0 Å². The number of carbonyl (C=O) groups excluding carboxylic acids is 1. The van der Waals surface area contributed by atoms with E-state index in [1.165, 1.54) is 10.4 Å². The lowest BCUT2D eigenvalue weighted by Crippen LogP contribution is -2.45. The number of aromatic nitrogens is 2. The van der Waals surface area contributed by atoms with Gasteiger partial charge in [-0.1, -0.05) is 12.1 Å². The molecular weight excluding hydrogens is 428 g/mol. The molecule has 9 nitrogen and oxygen atoms in total. The predicted octanol–water partition coefficient (Wildman–Crippen LogP) is 1.89. The number of carbonyl (C=O) groups is 1. The van der Waals surface area contributed by atoms with E-state index in [2.05, 4.69) is 14.1 Å². The van der Waals surface area contributed by atoms with Crippen molar-refractivity contribution in [3.63, 3.8) is 0 Å². The number of nitrogens with one attached hydrogen (secondary N) is 1. The summed E-state index contributed by atoms with van der Waals surface area (Å²) in [7, 11) is -3.88. The number of hydrogen-bond donors (Lipinski definition) is 1. The van der Waals surface area contributed by atoms with Crippen LogP contribution in [0, 0.1) is 0 Å². The van der Waals surface area contributed by atoms with Crippen LogP contribution < -0.4 is 14.8 Å². The number of nitrogens with zero attached hydrogens (tertiary/aromatic N) is 3. The largest absolute Gasteiger partial charge is 0.454 e. The fourth-order valence-corrected chi connectivity index (χ4v) is 6.17. The molecule has 11 heteroatoms. The van der Waals surface area contributed by atoms with Crippen LogP contribution in [0.25, 0.3) is 11.0 Å². The molecule has 0 bridgehead atoms. The van der Waals surface area contributed by atoms with Gasteiger partial charge >= 0.3 is 0 Å². The van der Waals surface area contributed by atoms with Crippen LogP contribution in [0.15, 0.2) is 41.3 Å². The van der Waals surface area contributed by atoms with Gasteiger partial charge in [0.1, 0.15) is 22.0 Å². The summed E-state index contributed by atoms with van der Waals surface area (Å²) in [6.07, 6.45) is 1.09. The molecule has 0 saturated carbocycles. The normalized spacial score (nSPS) is 18.7. The van der Waals surface area contributed by atoms with Crippen LogP contribution >= 0.6 is 11.7 Å². The molecule has 2 aliphatic heterocycles. The van der Waals surface area contributed by atoms with Crippen LogP contribution in [0.3, 0.4) is 0 Å². The maximum Gasteiger partial charge on any atom is 0.246 e. The van der Waals surface area contributed by atoms with E-state index < -0.39 is 16.1 Å². The van der Waals surface area contributed by atoms with Gasteiger partial charge in [0.2, 0.25) is 22.7 Å². The van der Waals surface area contributed by atoms with E-state index in [9.17, 15) is 13.2 Å². The van der Waals surface area contributed by atoms with Crippen LogP contribution in [-0.4, -0.2) is 46.8 Å². The molecule has 1 saturated heterocycles. The van der Waals surface area contributed by atoms with Gasteiger partial charge in [0.05, 0.1) is 11.7 Å². The van der Waals surface area contributed by atoms with Crippen LogP contribution in [0.4, 0.5) is 0 Å². The van der Waals surface area contributed by atoms with E-state index in [0.717, 1.165) is 17.3 Å². The summed E-state index contributed by atoms with van der Waals surface area (Å²) in [5, 5.41) is 2.85. The van der Waals surface area contributed by atoms with Crippen LogP contribution in [0.1, 0.15) is 18.4 Å². The lowest BCUT2D eigenvalue weighted by atomic mass is 10.2. The Bertz CT molecular complexity index is 1230. The van der Waals surface area contributed by atoms with E-state index in [1.807, 2.05) is 12.1 Å². The number of amides is 1. The minimum atomic E-state index is -3.88. The molecule has 156 valence electrons. The molecule has 1 aromatic heterocycles. The molecule has 1 atom stereocenters. The van der Waals surface area contributed by atoms with Crippen molar-refractivity contribution in [2.75, 3.05) is 13.3 Å². The number of benzene rings is 2. The molecule has 3 aromatic rings. The fraction of sp³-hybridized carbons (Fsp3) is 0.316. The molecule has 1 amide bonds. The topological polar surface area (TPSA) is 111 Å². The first-order valence-electron chi connectivity index (χ1n) is 9.43. The molecule has 0 aliphatic carbocycles. The van der Waals surface area contributed by atoms with Gasteiger partial charge in [-0.3, -0.25) is 4.79 Å². The van der Waals surface area contributed by atoms with Gasteiger partial charge in [-0.05, 0) is 42.7 Å². The Labute approximate surface area is 177 Å². The second-order valence-corrected chi connectivity index (χ2v) is 9.45. The Kier molecular flexibility index (Phi) is 4.80. The number of sulfonamides is 1. The number of fused-ring (bicyclic) bond motifs is 2. The lowest BCUT2D eigenvalue weighted by molar-refractivity contribution is -0.124. The minimum absolute atomic E-state index is 0.0872. The van der Waals surface area contributed by atoms with Gasteiger partial charge in [-0.15, -0.1) is 0 Å². The van der Waals surface area contributed by atoms with Crippen molar-refractivity contribution in [3.8, 4) is 11.5 Å². The zero-order valence-corrected chi connectivity index (χ0v) is 17.4. The van der Waals surface area contributed by atoms with Crippen molar-refractivity contribution in [1.82, 2.24) is 18.4 Å². The Morgan fingerprint density at radius 1 is 1.20 bits per heavy atom. The molecule has 2 aromatic carbocycles. The third-order valence-electron chi connectivity index (χ3n) is 5.25. The minimum Gasteiger partial charge on any atom is -0.454 e. The van der Waals surface area contributed by atoms with Gasteiger partial charge in [-0.25, -0.2) is 8.42 Å². The van der Waals surface area contributed by atoms with Crippen LogP contribution in [0.5, 0.6) is 11.5 Å². The standard InChI is InChI=1S/C19H18N4O5S2/c24-19(20-10-12-6-7-15-16(9-12)28-11-27-15)14-4-2-8-23(14)30(25,26)17-5-1-3-13-18(17)22-29-21-13/h1,3,5-7,9,14H,2,4,8,10-11H2,(H,20,24). The highest BCUT2D eigenvalue weighted by atomic mass is 32.2. The van der Waals surface area contributed by atoms with Crippen molar-refractivity contribution < 1.29 is 22.7 Å². The average molecular weight is 447 g/mol. The van der Waals surface area contributed by atoms with Crippen LogP contribution in [-0.2, 0) is 21.4 Å². The summed E-state index contributed by atoms with van der Waals surface area (Å²) in [6, 6.07) is 9.55. The molecule has 30 heavy (non-hydrogen) atoms. The first kappa shape index (κ1) is 19.2. The van der Waals surface area contributed by atoms with E-state index in [1.54, 1.807) is 18.2 Å². The summed E-state index contributed by atoms with van der Waals surface area (Å²) in [6.45, 7) is 0.741. The van der Waals surface area contributed by atoms with Gasteiger partial charge in [0.15, 0.2) is 11.5 Å². The maximum absolute atomic E-state index is 13.3.